The maximum absolute atomic E-state index is 14.1. The van der Waals surface area contributed by atoms with Crippen LogP contribution in [0.5, 0.6) is 0 Å². The molecule has 0 aliphatic carbocycles. The number of fused-ring (bicyclic) bond motifs is 2. The van der Waals surface area contributed by atoms with Crippen LogP contribution in [0.3, 0.4) is 0 Å². The Bertz CT molecular complexity index is 2140. The Morgan fingerprint density at radius 3 is 2.59 bits per heavy atom. The number of carbonyl (C=O) groups is 1. The van der Waals surface area contributed by atoms with Crippen molar-refractivity contribution in [3.63, 3.8) is 0 Å². The first-order chi connectivity index (χ1) is 19.8. The van der Waals surface area contributed by atoms with Gasteiger partial charge >= 0.3 is 0 Å². The Morgan fingerprint density at radius 1 is 1.02 bits per heavy atom. The fourth-order valence-corrected chi connectivity index (χ4v) is 4.71. The molecule has 0 aliphatic heterocycles. The first kappa shape index (κ1) is 25.3. The fourth-order valence-electron chi connectivity index (χ4n) is 4.71. The summed E-state index contributed by atoms with van der Waals surface area (Å²) in [4.78, 5) is 45.8. The first-order valence-corrected chi connectivity index (χ1v) is 12.6. The molecule has 1 amide bonds. The maximum atomic E-state index is 14.1. The van der Waals surface area contributed by atoms with Crippen molar-refractivity contribution in [3.8, 4) is 17.5 Å². The van der Waals surface area contributed by atoms with Crippen molar-refractivity contribution in [2.75, 3.05) is 5.73 Å². The van der Waals surface area contributed by atoms with E-state index in [2.05, 4.69) is 32.3 Å². The van der Waals surface area contributed by atoms with Crippen LogP contribution in [0.25, 0.3) is 22.1 Å². The number of nitrogens with two attached hydrogens (primary N) is 1. The van der Waals surface area contributed by atoms with Gasteiger partial charge in [-0.25, -0.2) is 18.9 Å². The number of para-hydroxylation sites is 1. The lowest BCUT2D eigenvalue weighted by Crippen LogP contribution is -2.45. The van der Waals surface area contributed by atoms with Gasteiger partial charge in [-0.2, -0.15) is 5.10 Å². The lowest BCUT2D eigenvalue weighted by atomic mass is 10.1. The van der Waals surface area contributed by atoms with Gasteiger partial charge in [-0.15, -0.1) is 5.10 Å². The van der Waals surface area contributed by atoms with Gasteiger partial charge in [0.25, 0.3) is 17.0 Å². The minimum atomic E-state index is -0.976. The molecule has 6 aromatic rings. The lowest BCUT2D eigenvalue weighted by Gasteiger charge is -2.23. The molecule has 6 rings (SSSR count). The van der Waals surface area contributed by atoms with E-state index in [9.17, 15) is 14.4 Å². The van der Waals surface area contributed by atoms with E-state index in [-0.39, 0.29) is 27.8 Å². The molecule has 0 fully saturated rings. The summed E-state index contributed by atoms with van der Waals surface area (Å²) in [7, 11) is 1.78. The molecule has 2 aromatic carbocycles. The predicted octanol–water partition coefficient (Wildman–Crippen LogP) is 1.86. The molecule has 0 aliphatic rings. The zero-order valence-electron chi connectivity index (χ0n) is 22.0. The highest BCUT2D eigenvalue weighted by Crippen LogP contribution is 2.18. The average Bonchev–Trinajstić information content (AvgIpc) is 3.55. The Labute approximate surface area is 232 Å². The second-order valence-corrected chi connectivity index (χ2v) is 9.28. The van der Waals surface area contributed by atoms with Gasteiger partial charge in [0.2, 0.25) is 0 Å². The van der Waals surface area contributed by atoms with Gasteiger partial charge in [0, 0.05) is 31.2 Å². The van der Waals surface area contributed by atoms with Gasteiger partial charge in [0.15, 0.2) is 11.5 Å². The summed E-state index contributed by atoms with van der Waals surface area (Å²) < 4.78 is 5.49. The molecule has 12 nitrogen and oxygen atoms in total. The Hall–Kier alpha value is -5.96. The Balaban J connectivity index is 1.52. The van der Waals surface area contributed by atoms with Gasteiger partial charge in [-0.05, 0) is 37.3 Å². The van der Waals surface area contributed by atoms with Crippen LogP contribution in [0.2, 0.25) is 0 Å². The van der Waals surface area contributed by atoms with E-state index in [1.54, 1.807) is 91.8 Å². The number of hydrogen-bond donors (Lipinski definition) is 2. The molecule has 202 valence electrons. The van der Waals surface area contributed by atoms with Crippen molar-refractivity contribution in [1.82, 2.24) is 39.1 Å². The summed E-state index contributed by atoms with van der Waals surface area (Å²) in [6.45, 7) is 1.60. The quantitative estimate of drug-likeness (QED) is 0.321. The summed E-state index contributed by atoms with van der Waals surface area (Å²) in [5.74, 6) is 5.41. The second-order valence-electron chi connectivity index (χ2n) is 9.28. The molecule has 4 heterocycles. The van der Waals surface area contributed by atoms with Crippen LogP contribution in [0.1, 0.15) is 34.6 Å². The molecule has 0 saturated carbocycles. The number of carbonyl (C=O) groups excluding carboxylic acids is 1. The van der Waals surface area contributed by atoms with Crippen LogP contribution in [-0.4, -0.2) is 39.6 Å². The van der Waals surface area contributed by atoms with E-state index in [0.717, 1.165) is 0 Å². The van der Waals surface area contributed by atoms with E-state index >= 15 is 0 Å². The number of aromatic nitrogens is 7. The van der Waals surface area contributed by atoms with Gasteiger partial charge in [-0.3, -0.25) is 19.1 Å². The summed E-state index contributed by atoms with van der Waals surface area (Å²) >= 11 is 0. The van der Waals surface area contributed by atoms with Crippen molar-refractivity contribution in [3.05, 3.63) is 117 Å². The third kappa shape index (κ3) is 4.41. The van der Waals surface area contributed by atoms with Crippen molar-refractivity contribution in [2.45, 2.75) is 13.1 Å². The third-order valence-electron chi connectivity index (χ3n) is 6.53. The number of benzene rings is 2. The van der Waals surface area contributed by atoms with Gasteiger partial charge in [-0.1, -0.05) is 36.1 Å². The molecule has 1 atom stereocenters. The fraction of sp³-hybridized carbons (Fsp3) is 0.103. The molecule has 12 heteroatoms. The molecule has 0 spiro atoms. The minimum absolute atomic E-state index is 0.0171. The molecule has 4 aromatic heterocycles. The molecule has 0 unspecified atom stereocenters. The number of aryl methyl sites for hydroxylation is 1. The number of anilines is 1. The molecule has 0 saturated heterocycles. The number of amides is 1. The van der Waals surface area contributed by atoms with Crippen molar-refractivity contribution < 1.29 is 4.79 Å². The van der Waals surface area contributed by atoms with Crippen molar-refractivity contribution in [2.24, 2.45) is 7.05 Å². The second kappa shape index (κ2) is 9.97. The highest BCUT2D eigenvalue weighted by molar-refractivity contribution is 6.04. The normalized spacial score (nSPS) is 11.8. The van der Waals surface area contributed by atoms with Crippen LogP contribution in [0.15, 0.2) is 89.0 Å². The predicted molar refractivity (Wildman–Crippen MR) is 153 cm³/mol. The summed E-state index contributed by atoms with van der Waals surface area (Å²) in [6.07, 6.45) is 5.53. The SMILES string of the molecule is C[C@@H](NC(=O)c1c(N)nn2cccnc12)n1c(=O)c2cccc(C#Cc3cnn(C)c3)c2c(=O)n1-c1ccccc1. The van der Waals surface area contributed by atoms with E-state index in [1.165, 1.54) is 20.1 Å². The summed E-state index contributed by atoms with van der Waals surface area (Å²) in [6, 6.07) is 15.3. The third-order valence-corrected chi connectivity index (χ3v) is 6.53. The number of nitrogens with zero attached hydrogens (tertiary/aromatic N) is 7. The molecule has 3 N–H and O–H groups in total. The summed E-state index contributed by atoms with van der Waals surface area (Å²) in [5.41, 5.74) is 6.89. The average molecular weight is 546 g/mol. The van der Waals surface area contributed by atoms with Gasteiger partial charge < -0.3 is 11.1 Å². The Kier molecular flexibility index (Phi) is 6.16. The number of hydrogen-bond acceptors (Lipinski definition) is 7. The lowest BCUT2D eigenvalue weighted by molar-refractivity contribution is 0.0919. The Morgan fingerprint density at radius 2 is 1.83 bits per heavy atom. The van der Waals surface area contributed by atoms with E-state index in [1.807, 2.05) is 0 Å². The van der Waals surface area contributed by atoms with E-state index < -0.39 is 23.2 Å². The standard InChI is InChI=1S/C29H23N9O3/c1-18(33-27(39)24-25(30)34-36-15-7-14-31-26(24)36)37-28(40)22-11-6-8-20(13-12-19-16-32-35(2)17-19)23(22)29(41)38(37)21-9-4-3-5-10-21/h3-11,14-18H,1-2H3,(H2,30,34)(H,33,39)/t18-/m0/s1. The monoisotopic (exact) mass is 545 g/mol. The van der Waals surface area contributed by atoms with E-state index in [0.29, 0.717) is 16.8 Å². The zero-order chi connectivity index (χ0) is 28.7. The smallest absolute Gasteiger partial charge is 0.279 e. The highest BCUT2D eigenvalue weighted by atomic mass is 16.2. The molecule has 0 radical (unpaired) electrons. The minimum Gasteiger partial charge on any atom is -0.381 e. The largest absolute Gasteiger partial charge is 0.381 e. The molecule has 0 bridgehead atoms. The highest BCUT2D eigenvalue weighted by Gasteiger charge is 2.25. The number of nitrogen functional groups attached to an aromatic ring is 1. The maximum Gasteiger partial charge on any atom is 0.279 e. The number of nitrogens with one attached hydrogen (secondary N) is 1. The van der Waals surface area contributed by atoms with Crippen LogP contribution in [0, 0.1) is 11.8 Å². The molecular weight excluding hydrogens is 522 g/mol. The van der Waals surface area contributed by atoms with E-state index in [4.69, 9.17) is 5.73 Å². The van der Waals surface area contributed by atoms with Gasteiger partial charge in [0.1, 0.15) is 11.7 Å². The first-order valence-electron chi connectivity index (χ1n) is 12.6. The van der Waals surface area contributed by atoms with Crippen LogP contribution in [-0.2, 0) is 7.05 Å². The zero-order valence-corrected chi connectivity index (χ0v) is 22.0. The van der Waals surface area contributed by atoms with Crippen LogP contribution in [0.4, 0.5) is 5.82 Å². The van der Waals surface area contributed by atoms with Crippen LogP contribution < -0.4 is 22.2 Å². The van der Waals surface area contributed by atoms with Crippen molar-refractivity contribution in [1.29, 1.82) is 0 Å². The molecule has 41 heavy (non-hydrogen) atoms. The topological polar surface area (TPSA) is 147 Å². The van der Waals surface area contributed by atoms with Crippen molar-refractivity contribution >= 4 is 28.1 Å². The summed E-state index contributed by atoms with van der Waals surface area (Å²) in [5, 5.41) is 11.4. The number of rotatable bonds is 4. The van der Waals surface area contributed by atoms with Gasteiger partial charge in [0.05, 0.1) is 28.2 Å². The van der Waals surface area contributed by atoms with Crippen LogP contribution >= 0.6 is 0 Å². The molecular formula is C29H23N9O3.